The van der Waals surface area contributed by atoms with Crippen LogP contribution in [0.3, 0.4) is 0 Å². The van der Waals surface area contributed by atoms with Gasteiger partial charge in [0, 0.05) is 21.7 Å². The van der Waals surface area contributed by atoms with Crippen LogP contribution >= 0.6 is 11.6 Å². The summed E-state index contributed by atoms with van der Waals surface area (Å²) in [6, 6.07) is 10.2. The zero-order valence-corrected chi connectivity index (χ0v) is 13.4. The Balaban J connectivity index is 2.68. The predicted molar refractivity (Wildman–Crippen MR) is 85.6 cm³/mol. The van der Waals surface area contributed by atoms with Crippen LogP contribution in [-0.4, -0.2) is 5.78 Å². The van der Waals surface area contributed by atoms with E-state index < -0.39 is 0 Å². The molecule has 2 aromatic rings. The highest BCUT2D eigenvalue weighted by Crippen LogP contribution is 2.35. The number of benzene rings is 2. The topological polar surface area (TPSA) is 17.1 Å². The van der Waals surface area contributed by atoms with Gasteiger partial charge in [0.1, 0.15) is 5.82 Å². The molecular weight excluding hydrogens is 287 g/mol. The zero-order chi connectivity index (χ0) is 15.8. The number of rotatable bonds is 2. The van der Waals surface area contributed by atoms with Gasteiger partial charge in [-0.3, -0.25) is 4.79 Å². The first-order valence-corrected chi connectivity index (χ1v) is 7.19. The third kappa shape index (κ3) is 3.16. The van der Waals surface area contributed by atoms with Crippen molar-refractivity contribution in [2.75, 3.05) is 0 Å². The largest absolute Gasteiger partial charge is 0.295 e. The molecule has 110 valence electrons. The second kappa shape index (κ2) is 5.61. The summed E-state index contributed by atoms with van der Waals surface area (Å²) >= 11 is 6.20. The quantitative estimate of drug-likeness (QED) is 0.656. The van der Waals surface area contributed by atoms with E-state index in [1.807, 2.05) is 26.8 Å². The van der Waals surface area contributed by atoms with E-state index >= 15 is 0 Å². The Hall–Kier alpha value is -1.67. The minimum atomic E-state index is -0.301. The number of halogens is 2. The van der Waals surface area contributed by atoms with Crippen molar-refractivity contribution in [1.29, 1.82) is 0 Å². The smallest absolute Gasteiger partial charge is 0.159 e. The normalized spacial score (nSPS) is 11.5. The molecule has 0 amide bonds. The van der Waals surface area contributed by atoms with Gasteiger partial charge < -0.3 is 0 Å². The molecule has 1 nitrogen and oxygen atoms in total. The fourth-order valence-electron chi connectivity index (χ4n) is 2.27. The van der Waals surface area contributed by atoms with Gasteiger partial charge in [0.25, 0.3) is 0 Å². The summed E-state index contributed by atoms with van der Waals surface area (Å²) < 4.78 is 14.8. The van der Waals surface area contributed by atoms with E-state index in [-0.39, 0.29) is 17.0 Å². The lowest BCUT2D eigenvalue weighted by Gasteiger charge is -2.21. The molecule has 0 N–H and O–H groups in total. The van der Waals surface area contributed by atoms with Crippen molar-refractivity contribution in [3.63, 3.8) is 0 Å². The average molecular weight is 305 g/mol. The zero-order valence-electron chi connectivity index (χ0n) is 12.6. The summed E-state index contributed by atoms with van der Waals surface area (Å²) in [4.78, 5) is 11.5. The van der Waals surface area contributed by atoms with Crippen molar-refractivity contribution in [3.8, 4) is 11.1 Å². The molecule has 0 radical (unpaired) electrons. The molecule has 0 fully saturated rings. The van der Waals surface area contributed by atoms with Gasteiger partial charge in [-0.25, -0.2) is 4.39 Å². The lowest BCUT2D eigenvalue weighted by Crippen LogP contribution is -2.14. The number of hydrogen-bond donors (Lipinski definition) is 0. The lowest BCUT2D eigenvalue weighted by molar-refractivity contribution is 0.101. The molecule has 0 aliphatic rings. The minimum Gasteiger partial charge on any atom is -0.295 e. The Kier molecular flexibility index (Phi) is 4.20. The summed E-state index contributed by atoms with van der Waals surface area (Å²) in [6.07, 6.45) is 0. The maximum atomic E-state index is 14.8. The van der Waals surface area contributed by atoms with Crippen LogP contribution in [0.4, 0.5) is 4.39 Å². The number of carbonyl (C=O) groups excluding carboxylic acids is 1. The highest BCUT2D eigenvalue weighted by atomic mass is 35.5. The molecule has 0 unspecified atom stereocenters. The van der Waals surface area contributed by atoms with Crippen LogP contribution in [-0.2, 0) is 5.41 Å². The van der Waals surface area contributed by atoms with Gasteiger partial charge >= 0.3 is 0 Å². The van der Waals surface area contributed by atoms with E-state index in [9.17, 15) is 9.18 Å². The average Bonchev–Trinajstić information content (AvgIpc) is 2.38. The number of carbonyl (C=O) groups is 1. The van der Waals surface area contributed by atoms with E-state index in [1.54, 1.807) is 30.3 Å². The summed E-state index contributed by atoms with van der Waals surface area (Å²) in [5.74, 6) is -0.354. The van der Waals surface area contributed by atoms with Crippen molar-refractivity contribution < 1.29 is 9.18 Å². The van der Waals surface area contributed by atoms with Gasteiger partial charge in [-0.1, -0.05) is 50.6 Å². The van der Waals surface area contributed by atoms with Crippen molar-refractivity contribution in [3.05, 3.63) is 58.4 Å². The molecule has 0 spiro atoms. The molecule has 2 aromatic carbocycles. The first-order chi connectivity index (χ1) is 9.71. The molecule has 0 heterocycles. The number of hydrogen-bond acceptors (Lipinski definition) is 1. The third-order valence-electron chi connectivity index (χ3n) is 3.47. The van der Waals surface area contributed by atoms with Gasteiger partial charge in [0.2, 0.25) is 0 Å². The molecule has 0 saturated heterocycles. The van der Waals surface area contributed by atoms with Crippen LogP contribution in [0, 0.1) is 5.82 Å². The summed E-state index contributed by atoms with van der Waals surface area (Å²) in [6.45, 7) is 7.36. The van der Waals surface area contributed by atoms with Crippen LogP contribution in [0.25, 0.3) is 11.1 Å². The standard InChI is InChI=1S/C18H18ClFO/c1-11(21)12-8-9-16(19)14(10-12)13-6-5-7-15(17(13)20)18(2,3)4/h5-10H,1-4H3. The SMILES string of the molecule is CC(=O)c1ccc(Cl)c(-c2cccc(C(C)(C)C)c2F)c1. The maximum absolute atomic E-state index is 14.8. The predicted octanol–water partition coefficient (Wildman–Crippen LogP) is 5.65. The number of ketones is 1. The molecule has 2 rings (SSSR count). The van der Waals surface area contributed by atoms with Crippen molar-refractivity contribution >= 4 is 17.4 Å². The number of Topliss-reactive ketones (excluding diaryl/α,β-unsaturated/α-hetero) is 1. The highest BCUT2D eigenvalue weighted by Gasteiger charge is 2.21. The van der Waals surface area contributed by atoms with Crippen LogP contribution in [0.2, 0.25) is 5.02 Å². The van der Waals surface area contributed by atoms with Crippen LogP contribution < -0.4 is 0 Å². The van der Waals surface area contributed by atoms with Crippen LogP contribution in [0.15, 0.2) is 36.4 Å². The van der Waals surface area contributed by atoms with E-state index in [0.717, 1.165) is 0 Å². The van der Waals surface area contributed by atoms with Gasteiger partial charge in [-0.2, -0.15) is 0 Å². The first-order valence-electron chi connectivity index (χ1n) is 6.81. The van der Waals surface area contributed by atoms with E-state index in [2.05, 4.69) is 0 Å². The molecule has 0 bridgehead atoms. The lowest BCUT2D eigenvalue weighted by atomic mass is 9.84. The van der Waals surface area contributed by atoms with Gasteiger partial charge in [-0.05, 0) is 36.1 Å². The molecule has 21 heavy (non-hydrogen) atoms. The van der Waals surface area contributed by atoms with E-state index in [1.165, 1.54) is 6.92 Å². The molecule has 0 aliphatic carbocycles. The Morgan fingerprint density at radius 1 is 1.10 bits per heavy atom. The maximum Gasteiger partial charge on any atom is 0.159 e. The Bertz CT molecular complexity index is 699. The molecule has 3 heteroatoms. The van der Waals surface area contributed by atoms with Crippen LogP contribution in [0.1, 0.15) is 43.6 Å². The molecule has 0 aromatic heterocycles. The third-order valence-corrected chi connectivity index (χ3v) is 3.80. The fourth-order valence-corrected chi connectivity index (χ4v) is 2.49. The molecule has 0 aliphatic heterocycles. The molecule has 0 atom stereocenters. The first kappa shape index (κ1) is 15.7. The van der Waals surface area contributed by atoms with Crippen LogP contribution in [0.5, 0.6) is 0 Å². The summed E-state index contributed by atoms with van der Waals surface area (Å²) in [5, 5.41) is 0.435. The Morgan fingerprint density at radius 3 is 2.33 bits per heavy atom. The van der Waals surface area contributed by atoms with Gasteiger partial charge in [0.15, 0.2) is 5.78 Å². The minimum absolute atomic E-state index is 0.0692. The van der Waals surface area contributed by atoms with Crippen molar-refractivity contribution in [2.45, 2.75) is 33.1 Å². The molecule has 0 saturated carbocycles. The monoisotopic (exact) mass is 304 g/mol. The van der Waals surface area contributed by atoms with Crippen molar-refractivity contribution in [2.24, 2.45) is 0 Å². The fraction of sp³-hybridized carbons (Fsp3) is 0.278. The van der Waals surface area contributed by atoms with E-state index in [0.29, 0.717) is 27.3 Å². The Morgan fingerprint density at radius 2 is 1.76 bits per heavy atom. The molecular formula is C18H18ClFO. The van der Waals surface area contributed by atoms with Gasteiger partial charge in [-0.15, -0.1) is 0 Å². The highest BCUT2D eigenvalue weighted by molar-refractivity contribution is 6.33. The van der Waals surface area contributed by atoms with Crippen molar-refractivity contribution in [1.82, 2.24) is 0 Å². The van der Waals surface area contributed by atoms with E-state index in [4.69, 9.17) is 11.6 Å². The Labute approximate surface area is 129 Å². The summed E-state index contributed by atoms with van der Waals surface area (Å²) in [5.41, 5.74) is 1.83. The summed E-state index contributed by atoms with van der Waals surface area (Å²) in [7, 11) is 0. The second-order valence-corrected chi connectivity index (χ2v) is 6.58. The second-order valence-electron chi connectivity index (χ2n) is 6.17. The van der Waals surface area contributed by atoms with Gasteiger partial charge in [0.05, 0.1) is 0 Å².